The molecule has 1 N–H and O–H groups in total. The molecule has 2 aromatic rings. The molecule has 7 nitrogen and oxygen atoms in total. The molecular weight excluding hydrogens is 296 g/mol. The number of aryl methyl sites for hydroxylation is 2. The fourth-order valence-corrected chi connectivity index (χ4v) is 2.70. The van der Waals surface area contributed by atoms with Crippen LogP contribution < -0.4 is 11.2 Å². The lowest BCUT2D eigenvalue weighted by Crippen LogP contribution is -2.41. The number of hydrogen-bond acceptors (Lipinski definition) is 4. The second kappa shape index (κ2) is 7.41. The van der Waals surface area contributed by atoms with E-state index in [0.29, 0.717) is 36.5 Å². The molecule has 0 saturated heterocycles. The smallest absolute Gasteiger partial charge is 0.332 e. The number of aliphatic hydroxyl groups excluding tert-OH is 1. The molecule has 0 saturated carbocycles. The summed E-state index contributed by atoms with van der Waals surface area (Å²) in [5, 5.41) is 9.02. The number of aromatic nitrogens is 4. The van der Waals surface area contributed by atoms with E-state index in [1.807, 2.05) is 13.8 Å². The zero-order valence-electron chi connectivity index (χ0n) is 13.8. The molecule has 2 aromatic heterocycles. The quantitative estimate of drug-likeness (QED) is 0.737. The van der Waals surface area contributed by atoms with Crippen molar-refractivity contribution in [3.63, 3.8) is 0 Å². The number of aliphatic hydroxyl groups is 1. The normalized spacial score (nSPS) is 11.3. The molecule has 0 aliphatic rings. The molecule has 126 valence electrons. The van der Waals surface area contributed by atoms with E-state index in [2.05, 4.69) is 11.6 Å². The summed E-state index contributed by atoms with van der Waals surface area (Å²) in [6.45, 7) is 8.70. The summed E-state index contributed by atoms with van der Waals surface area (Å²) in [5.74, 6) is 0.682. The van der Waals surface area contributed by atoms with Gasteiger partial charge in [0.25, 0.3) is 5.56 Å². The molecule has 0 spiro atoms. The van der Waals surface area contributed by atoms with Crippen molar-refractivity contribution < 1.29 is 5.11 Å². The average molecular weight is 320 g/mol. The van der Waals surface area contributed by atoms with Gasteiger partial charge in [-0.25, -0.2) is 9.78 Å². The molecule has 2 heterocycles. The maximum absolute atomic E-state index is 12.8. The van der Waals surface area contributed by atoms with Crippen LogP contribution in [-0.4, -0.2) is 30.4 Å². The van der Waals surface area contributed by atoms with Crippen molar-refractivity contribution in [1.29, 1.82) is 0 Å². The van der Waals surface area contributed by atoms with Crippen molar-refractivity contribution >= 4 is 11.2 Å². The van der Waals surface area contributed by atoms with Gasteiger partial charge in [-0.05, 0) is 19.8 Å². The van der Waals surface area contributed by atoms with E-state index >= 15 is 0 Å². The number of allylic oxidation sites excluding steroid dienone is 1. The lowest BCUT2D eigenvalue weighted by molar-refractivity contribution is 0.277. The molecule has 0 unspecified atom stereocenters. The van der Waals surface area contributed by atoms with Gasteiger partial charge in [0.1, 0.15) is 5.82 Å². The largest absolute Gasteiger partial charge is 0.396 e. The van der Waals surface area contributed by atoms with Gasteiger partial charge >= 0.3 is 5.69 Å². The van der Waals surface area contributed by atoms with Crippen LogP contribution >= 0.6 is 0 Å². The Morgan fingerprint density at radius 3 is 2.48 bits per heavy atom. The molecule has 0 aliphatic heterocycles. The molecule has 2 rings (SSSR count). The highest BCUT2D eigenvalue weighted by Gasteiger charge is 2.19. The highest BCUT2D eigenvalue weighted by atomic mass is 16.3. The van der Waals surface area contributed by atoms with Crippen LogP contribution in [0, 0.1) is 6.92 Å². The minimum atomic E-state index is -0.354. The molecule has 0 bridgehead atoms. The van der Waals surface area contributed by atoms with Crippen LogP contribution in [-0.2, 0) is 19.6 Å². The van der Waals surface area contributed by atoms with Gasteiger partial charge in [0, 0.05) is 26.2 Å². The average Bonchev–Trinajstić information content (AvgIpc) is 2.84. The molecule has 7 heteroatoms. The van der Waals surface area contributed by atoms with Crippen LogP contribution in [0.1, 0.15) is 32.0 Å². The zero-order valence-corrected chi connectivity index (χ0v) is 13.8. The van der Waals surface area contributed by atoms with Crippen molar-refractivity contribution in [3.05, 3.63) is 39.3 Å². The summed E-state index contributed by atoms with van der Waals surface area (Å²) in [6.07, 6.45) is 3.84. The standard InChI is InChI=1S/C16H24N4O3/c1-4-6-9-19-14-13(18(8-5-2)12(3)17-14)15(22)20(16(19)23)10-7-11-21/h5,21H,2,4,6-11H2,1,3H3. The van der Waals surface area contributed by atoms with E-state index in [4.69, 9.17) is 5.11 Å². The SMILES string of the molecule is C=CCn1c(C)nc2c1c(=O)n(CCCO)c(=O)n2CCCC. The highest BCUT2D eigenvalue weighted by Crippen LogP contribution is 2.12. The first-order chi connectivity index (χ1) is 11.1. The first kappa shape index (κ1) is 17.2. The Balaban J connectivity index is 2.80. The van der Waals surface area contributed by atoms with Crippen LogP contribution in [0.2, 0.25) is 0 Å². The topological polar surface area (TPSA) is 82.1 Å². The fraction of sp³-hybridized carbons (Fsp3) is 0.562. The third-order valence-corrected chi connectivity index (χ3v) is 3.89. The maximum Gasteiger partial charge on any atom is 0.332 e. The van der Waals surface area contributed by atoms with Gasteiger partial charge in [-0.2, -0.15) is 0 Å². The summed E-state index contributed by atoms with van der Waals surface area (Å²) in [7, 11) is 0. The fourth-order valence-electron chi connectivity index (χ4n) is 2.70. The summed E-state index contributed by atoms with van der Waals surface area (Å²) < 4.78 is 4.56. The lowest BCUT2D eigenvalue weighted by atomic mass is 10.3. The summed E-state index contributed by atoms with van der Waals surface area (Å²) in [5.41, 5.74) is 0.158. The van der Waals surface area contributed by atoms with Gasteiger partial charge in [-0.3, -0.25) is 13.9 Å². The van der Waals surface area contributed by atoms with Gasteiger partial charge in [-0.15, -0.1) is 6.58 Å². The molecule has 0 aliphatic carbocycles. The number of imidazole rings is 1. The zero-order chi connectivity index (χ0) is 17.0. The molecule has 0 amide bonds. The van der Waals surface area contributed by atoms with Crippen molar-refractivity contribution in [3.8, 4) is 0 Å². The number of unbranched alkanes of at least 4 members (excludes halogenated alkanes) is 1. The Hall–Kier alpha value is -2.15. The highest BCUT2D eigenvalue weighted by molar-refractivity contribution is 5.71. The third kappa shape index (κ3) is 3.14. The number of nitrogens with zero attached hydrogens (tertiary/aromatic N) is 4. The Morgan fingerprint density at radius 2 is 1.87 bits per heavy atom. The minimum Gasteiger partial charge on any atom is -0.396 e. The Kier molecular flexibility index (Phi) is 5.54. The van der Waals surface area contributed by atoms with E-state index < -0.39 is 0 Å². The molecule has 0 aromatic carbocycles. The first-order valence-electron chi connectivity index (χ1n) is 7.99. The van der Waals surface area contributed by atoms with Gasteiger partial charge in [0.15, 0.2) is 11.2 Å². The second-order valence-corrected chi connectivity index (χ2v) is 5.55. The van der Waals surface area contributed by atoms with Crippen LogP contribution in [0.25, 0.3) is 11.2 Å². The van der Waals surface area contributed by atoms with Gasteiger partial charge in [-0.1, -0.05) is 19.4 Å². The van der Waals surface area contributed by atoms with Crippen molar-refractivity contribution in [2.24, 2.45) is 0 Å². The molecule has 0 radical (unpaired) electrons. The van der Waals surface area contributed by atoms with E-state index in [-0.39, 0.29) is 24.4 Å². The van der Waals surface area contributed by atoms with Crippen LogP contribution in [0.15, 0.2) is 22.2 Å². The first-order valence-corrected chi connectivity index (χ1v) is 7.99. The van der Waals surface area contributed by atoms with Crippen LogP contribution in [0.5, 0.6) is 0 Å². The second-order valence-electron chi connectivity index (χ2n) is 5.55. The number of rotatable bonds is 8. The monoisotopic (exact) mass is 320 g/mol. The van der Waals surface area contributed by atoms with E-state index in [0.717, 1.165) is 12.8 Å². The predicted octanol–water partition coefficient (Wildman–Crippen LogP) is 1.04. The van der Waals surface area contributed by atoms with E-state index in [1.165, 1.54) is 4.57 Å². The minimum absolute atomic E-state index is 0.0657. The van der Waals surface area contributed by atoms with Gasteiger partial charge in [0.05, 0.1) is 0 Å². The third-order valence-electron chi connectivity index (χ3n) is 3.89. The molecule has 0 atom stereocenters. The van der Waals surface area contributed by atoms with E-state index in [9.17, 15) is 9.59 Å². The molecular formula is C16H24N4O3. The maximum atomic E-state index is 12.8. The van der Waals surface area contributed by atoms with Gasteiger partial charge in [0.2, 0.25) is 0 Å². The predicted molar refractivity (Wildman–Crippen MR) is 89.8 cm³/mol. The van der Waals surface area contributed by atoms with Crippen LogP contribution in [0.3, 0.4) is 0 Å². The van der Waals surface area contributed by atoms with E-state index in [1.54, 1.807) is 15.2 Å². The van der Waals surface area contributed by atoms with Crippen molar-refractivity contribution in [1.82, 2.24) is 18.7 Å². The summed E-state index contributed by atoms with van der Waals surface area (Å²) >= 11 is 0. The Bertz CT molecular complexity index is 813. The summed E-state index contributed by atoms with van der Waals surface area (Å²) in [6, 6.07) is 0. The Labute approximate surface area is 134 Å². The van der Waals surface area contributed by atoms with Gasteiger partial charge < -0.3 is 9.67 Å². The number of hydrogen-bond donors (Lipinski definition) is 1. The molecule has 23 heavy (non-hydrogen) atoms. The van der Waals surface area contributed by atoms with Crippen molar-refractivity contribution in [2.75, 3.05) is 6.61 Å². The Morgan fingerprint density at radius 1 is 1.17 bits per heavy atom. The van der Waals surface area contributed by atoms with Crippen molar-refractivity contribution in [2.45, 2.75) is 52.7 Å². The lowest BCUT2D eigenvalue weighted by Gasteiger charge is -2.11. The summed E-state index contributed by atoms with van der Waals surface area (Å²) in [4.78, 5) is 29.9. The van der Waals surface area contributed by atoms with Crippen LogP contribution in [0.4, 0.5) is 0 Å². The number of fused-ring (bicyclic) bond motifs is 1. The molecule has 0 fully saturated rings.